The average Bonchev–Trinajstić information content (AvgIpc) is 2.79. The second-order valence-electron chi connectivity index (χ2n) is 4.57. The van der Waals surface area contributed by atoms with Crippen LogP contribution in [0.4, 0.5) is 0 Å². The first-order valence-corrected chi connectivity index (χ1v) is 6.15. The van der Waals surface area contributed by atoms with Gasteiger partial charge in [0.25, 0.3) is 0 Å². The molecule has 0 atom stereocenters. The lowest BCUT2D eigenvalue weighted by molar-refractivity contribution is 0.322. The zero-order chi connectivity index (χ0) is 13.2. The van der Waals surface area contributed by atoms with E-state index < -0.39 is 0 Å². The standard InChI is InChI=1S/C16H14N2O/c1-11-6-8-12(9-7-11)16-14(10-17-19)13-4-2-3-5-15(13)18-16/h2-10,18-19H,1H3/b17-10+. The van der Waals surface area contributed by atoms with Crippen molar-refractivity contribution in [3.8, 4) is 11.3 Å². The van der Waals surface area contributed by atoms with Crippen molar-refractivity contribution in [2.24, 2.45) is 5.16 Å². The molecule has 3 nitrogen and oxygen atoms in total. The molecule has 0 saturated heterocycles. The van der Waals surface area contributed by atoms with Crippen molar-refractivity contribution in [1.29, 1.82) is 0 Å². The summed E-state index contributed by atoms with van der Waals surface area (Å²) in [5.41, 5.74) is 5.21. The van der Waals surface area contributed by atoms with Gasteiger partial charge in [-0.15, -0.1) is 0 Å². The monoisotopic (exact) mass is 250 g/mol. The van der Waals surface area contributed by atoms with Crippen molar-refractivity contribution >= 4 is 17.1 Å². The Hall–Kier alpha value is -2.55. The highest BCUT2D eigenvalue weighted by Crippen LogP contribution is 2.29. The molecule has 0 bridgehead atoms. The van der Waals surface area contributed by atoms with Crippen molar-refractivity contribution in [3.05, 3.63) is 59.7 Å². The predicted molar refractivity (Wildman–Crippen MR) is 77.9 cm³/mol. The van der Waals surface area contributed by atoms with E-state index in [1.165, 1.54) is 11.8 Å². The molecule has 94 valence electrons. The van der Waals surface area contributed by atoms with Gasteiger partial charge in [0.2, 0.25) is 0 Å². The molecule has 0 spiro atoms. The van der Waals surface area contributed by atoms with Gasteiger partial charge in [0, 0.05) is 16.5 Å². The van der Waals surface area contributed by atoms with Crippen molar-refractivity contribution in [1.82, 2.24) is 4.98 Å². The van der Waals surface area contributed by atoms with Gasteiger partial charge in [-0.25, -0.2) is 0 Å². The molecule has 2 aromatic carbocycles. The fraction of sp³-hybridized carbons (Fsp3) is 0.0625. The molecule has 0 amide bonds. The summed E-state index contributed by atoms with van der Waals surface area (Å²) in [6.07, 6.45) is 1.48. The number of rotatable bonds is 2. The summed E-state index contributed by atoms with van der Waals surface area (Å²) < 4.78 is 0. The Labute approximate surface area is 111 Å². The van der Waals surface area contributed by atoms with Crippen molar-refractivity contribution < 1.29 is 5.21 Å². The molecule has 1 heterocycles. The maximum Gasteiger partial charge on any atom is 0.0761 e. The molecule has 0 saturated carbocycles. The third-order valence-corrected chi connectivity index (χ3v) is 3.27. The molecular weight excluding hydrogens is 236 g/mol. The van der Waals surface area contributed by atoms with Gasteiger partial charge in [0.15, 0.2) is 0 Å². The first kappa shape index (κ1) is 11.5. The second-order valence-corrected chi connectivity index (χ2v) is 4.57. The normalized spacial score (nSPS) is 11.4. The number of aromatic nitrogens is 1. The number of nitrogens with zero attached hydrogens (tertiary/aromatic N) is 1. The SMILES string of the molecule is Cc1ccc(-c2[nH]c3ccccc3c2/C=N/O)cc1. The minimum absolute atomic E-state index is 0.905. The van der Waals surface area contributed by atoms with Crippen LogP contribution in [0.1, 0.15) is 11.1 Å². The fourth-order valence-electron chi connectivity index (χ4n) is 2.30. The Kier molecular flexibility index (Phi) is 2.80. The highest BCUT2D eigenvalue weighted by Gasteiger charge is 2.11. The lowest BCUT2D eigenvalue weighted by atomic mass is 10.0. The number of H-pyrrole nitrogens is 1. The number of hydrogen-bond acceptors (Lipinski definition) is 2. The van der Waals surface area contributed by atoms with Crippen molar-refractivity contribution in [2.75, 3.05) is 0 Å². The summed E-state index contributed by atoms with van der Waals surface area (Å²) in [5, 5.41) is 13.1. The number of aryl methyl sites for hydroxylation is 1. The van der Waals surface area contributed by atoms with Crippen LogP contribution in [0.15, 0.2) is 53.7 Å². The Morgan fingerprint density at radius 1 is 1.05 bits per heavy atom. The molecule has 0 aliphatic carbocycles. The molecule has 3 aromatic rings. The predicted octanol–water partition coefficient (Wildman–Crippen LogP) is 3.95. The topological polar surface area (TPSA) is 48.4 Å². The van der Waals surface area contributed by atoms with Crippen LogP contribution >= 0.6 is 0 Å². The molecular formula is C16H14N2O. The summed E-state index contributed by atoms with van der Waals surface area (Å²) in [4.78, 5) is 3.38. The number of fused-ring (bicyclic) bond motifs is 1. The number of oxime groups is 1. The number of benzene rings is 2. The van der Waals surface area contributed by atoms with Gasteiger partial charge in [-0.2, -0.15) is 0 Å². The number of hydrogen-bond donors (Lipinski definition) is 2. The lowest BCUT2D eigenvalue weighted by Crippen LogP contribution is -1.85. The van der Waals surface area contributed by atoms with E-state index in [0.717, 1.165) is 27.7 Å². The van der Waals surface area contributed by atoms with E-state index in [0.29, 0.717) is 0 Å². The molecule has 3 heteroatoms. The fourth-order valence-corrected chi connectivity index (χ4v) is 2.30. The van der Waals surface area contributed by atoms with Crippen LogP contribution in [-0.2, 0) is 0 Å². The van der Waals surface area contributed by atoms with E-state index in [-0.39, 0.29) is 0 Å². The highest BCUT2D eigenvalue weighted by atomic mass is 16.4. The maximum atomic E-state index is 8.87. The van der Waals surface area contributed by atoms with E-state index in [2.05, 4.69) is 41.3 Å². The van der Waals surface area contributed by atoms with Crippen LogP contribution in [-0.4, -0.2) is 16.4 Å². The van der Waals surface area contributed by atoms with Gasteiger partial charge in [0.1, 0.15) is 0 Å². The van der Waals surface area contributed by atoms with Gasteiger partial charge in [-0.1, -0.05) is 53.2 Å². The molecule has 1 aromatic heterocycles. The lowest BCUT2D eigenvalue weighted by Gasteiger charge is -2.01. The van der Waals surface area contributed by atoms with E-state index >= 15 is 0 Å². The summed E-state index contributed by atoms with van der Waals surface area (Å²) in [5.74, 6) is 0. The molecule has 0 radical (unpaired) electrons. The summed E-state index contributed by atoms with van der Waals surface area (Å²) >= 11 is 0. The molecule has 19 heavy (non-hydrogen) atoms. The quantitative estimate of drug-likeness (QED) is 0.404. The van der Waals surface area contributed by atoms with Gasteiger partial charge in [-0.05, 0) is 18.6 Å². The van der Waals surface area contributed by atoms with E-state index in [1.807, 2.05) is 24.3 Å². The molecule has 0 aliphatic heterocycles. The highest BCUT2D eigenvalue weighted by molar-refractivity contribution is 6.05. The minimum atomic E-state index is 0.905. The number of aromatic amines is 1. The summed E-state index contributed by atoms with van der Waals surface area (Å²) in [6, 6.07) is 16.3. The number of para-hydroxylation sites is 1. The van der Waals surface area contributed by atoms with Gasteiger partial charge in [-0.3, -0.25) is 0 Å². The van der Waals surface area contributed by atoms with Crippen molar-refractivity contribution in [2.45, 2.75) is 6.92 Å². The smallest absolute Gasteiger partial charge is 0.0761 e. The minimum Gasteiger partial charge on any atom is -0.411 e. The summed E-state index contributed by atoms with van der Waals surface area (Å²) in [6.45, 7) is 2.06. The van der Waals surface area contributed by atoms with E-state index in [1.54, 1.807) is 0 Å². The van der Waals surface area contributed by atoms with Crippen LogP contribution in [0.2, 0.25) is 0 Å². The van der Waals surface area contributed by atoms with Crippen LogP contribution < -0.4 is 0 Å². The van der Waals surface area contributed by atoms with Crippen LogP contribution in [0.3, 0.4) is 0 Å². The average molecular weight is 250 g/mol. The second kappa shape index (κ2) is 4.61. The zero-order valence-electron chi connectivity index (χ0n) is 10.6. The Bertz CT molecular complexity index is 739. The van der Waals surface area contributed by atoms with Crippen LogP contribution in [0, 0.1) is 6.92 Å². The largest absolute Gasteiger partial charge is 0.411 e. The Balaban J connectivity index is 2.27. The Morgan fingerprint density at radius 2 is 1.79 bits per heavy atom. The molecule has 0 unspecified atom stereocenters. The third kappa shape index (κ3) is 1.99. The van der Waals surface area contributed by atoms with E-state index in [9.17, 15) is 0 Å². The van der Waals surface area contributed by atoms with Crippen LogP contribution in [0.5, 0.6) is 0 Å². The van der Waals surface area contributed by atoms with Gasteiger partial charge >= 0.3 is 0 Å². The first-order valence-electron chi connectivity index (χ1n) is 6.15. The molecule has 0 fully saturated rings. The summed E-state index contributed by atoms with van der Waals surface area (Å²) in [7, 11) is 0. The molecule has 3 rings (SSSR count). The van der Waals surface area contributed by atoms with Crippen LogP contribution in [0.25, 0.3) is 22.2 Å². The third-order valence-electron chi connectivity index (χ3n) is 3.27. The Morgan fingerprint density at radius 3 is 2.53 bits per heavy atom. The first-order chi connectivity index (χ1) is 9.29. The van der Waals surface area contributed by atoms with E-state index in [4.69, 9.17) is 5.21 Å². The van der Waals surface area contributed by atoms with Gasteiger partial charge < -0.3 is 10.2 Å². The molecule has 0 aliphatic rings. The maximum absolute atomic E-state index is 8.87. The molecule has 2 N–H and O–H groups in total. The van der Waals surface area contributed by atoms with Gasteiger partial charge in [0.05, 0.1) is 11.9 Å². The van der Waals surface area contributed by atoms with Crippen molar-refractivity contribution in [3.63, 3.8) is 0 Å². The zero-order valence-corrected chi connectivity index (χ0v) is 10.6. The number of nitrogens with one attached hydrogen (secondary N) is 1.